The molecule has 0 aliphatic heterocycles. The molecule has 4 rings (SSSR count). The highest BCUT2D eigenvalue weighted by molar-refractivity contribution is 9.10. The number of carbonyl (C=O) groups excluding carboxylic acids is 2. The molecule has 242 valence electrons. The lowest BCUT2D eigenvalue weighted by atomic mass is 10.0. The van der Waals surface area contributed by atoms with E-state index in [2.05, 4.69) is 21.2 Å². The van der Waals surface area contributed by atoms with Crippen LogP contribution in [-0.4, -0.2) is 49.9 Å². The second-order valence-electron chi connectivity index (χ2n) is 11.8. The fraction of sp³-hybridized carbons (Fsp3) is 0.278. The molecule has 0 radical (unpaired) electrons. The monoisotopic (exact) mass is 705 g/mol. The zero-order valence-corrected chi connectivity index (χ0v) is 28.9. The minimum absolute atomic E-state index is 0.0277. The third-order valence-electron chi connectivity index (χ3n) is 7.08. The van der Waals surface area contributed by atoms with Crippen LogP contribution in [0, 0.1) is 0 Å². The number of para-hydroxylation sites is 2. The Hall–Kier alpha value is -4.15. The number of rotatable bonds is 13. The topological polar surface area (TPSA) is 96.0 Å². The number of ether oxygens (including phenoxy) is 1. The molecule has 1 N–H and O–H groups in total. The normalized spacial score (nSPS) is 12.2. The minimum Gasteiger partial charge on any atom is -0.492 e. The van der Waals surface area contributed by atoms with E-state index in [0.717, 1.165) is 19.9 Å². The first-order chi connectivity index (χ1) is 21.9. The van der Waals surface area contributed by atoms with Gasteiger partial charge in [0.2, 0.25) is 11.8 Å². The highest BCUT2D eigenvalue weighted by Crippen LogP contribution is 2.33. The molecule has 46 heavy (non-hydrogen) atoms. The molecule has 0 aliphatic carbocycles. The minimum atomic E-state index is -4.24. The number of amides is 2. The van der Waals surface area contributed by atoms with Gasteiger partial charge in [0.1, 0.15) is 18.3 Å². The molecule has 10 heteroatoms. The van der Waals surface area contributed by atoms with Gasteiger partial charge in [-0.2, -0.15) is 0 Å². The van der Waals surface area contributed by atoms with E-state index in [0.29, 0.717) is 12.4 Å². The first-order valence-corrected chi connectivity index (χ1v) is 17.3. The van der Waals surface area contributed by atoms with Crippen LogP contribution in [0.5, 0.6) is 5.75 Å². The summed E-state index contributed by atoms with van der Waals surface area (Å²) in [6.07, 6.45) is 0.228. The van der Waals surface area contributed by atoms with Crippen molar-refractivity contribution in [1.82, 2.24) is 10.2 Å². The van der Waals surface area contributed by atoms with Gasteiger partial charge in [0, 0.05) is 23.0 Å². The lowest BCUT2D eigenvalue weighted by Gasteiger charge is -2.35. The summed E-state index contributed by atoms with van der Waals surface area (Å²) < 4.78 is 36.2. The largest absolute Gasteiger partial charge is 0.492 e. The zero-order chi connectivity index (χ0) is 33.3. The van der Waals surface area contributed by atoms with Gasteiger partial charge in [-0.05, 0) is 75.2 Å². The number of hydrogen-bond donors (Lipinski definition) is 1. The standard InChI is InChI=1S/C36H40BrN3O5S/c1-5-45-33-19-13-12-18-31(33)40(46(43,44)30-16-10-7-11-17-30)26-34(41)39(25-28-20-22-29(37)23-21-28)32(35(42)38-36(2,3)4)24-27-14-8-6-9-15-27/h6-23,32H,5,24-26H2,1-4H3,(H,38,42)/t32-/m0/s1. The summed E-state index contributed by atoms with van der Waals surface area (Å²) in [5.41, 5.74) is 1.30. The second kappa shape index (κ2) is 15.4. The van der Waals surface area contributed by atoms with Crippen LogP contribution in [0.1, 0.15) is 38.8 Å². The van der Waals surface area contributed by atoms with Gasteiger partial charge in [0.05, 0.1) is 17.2 Å². The molecule has 2 amide bonds. The van der Waals surface area contributed by atoms with Gasteiger partial charge in [-0.3, -0.25) is 13.9 Å². The van der Waals surface area contributed by atoms with Gasteiger partial charge in [-0.1, -0.05) is 88.7 Å². The number of hydrogen-bond acceptors (Lipinski definition) is 5. The summed E-state index contributed by atoms with van der Waals surface area (Å²) in [5.74, 6) is -0.559. The van der Waals surface area contributed by atoms with Crippen molar-refractivity contribution in [1.29, 1.82) is 0 Å². The van der Waals surface area contributed by atoms with Crippen LogP contribution in [0.25, 0.3) is 0 Å². The molecule has 4 aromatic rings. The van der Waals surface area contributed by atoms with Crippen molar-refractivity contribution in [3.05, 3.63) is 125 Å². The summed E-state index contributed by atoms with van der Waals surface area (Å²) in [4.78, 5) is 30.1. The van der Waals surface area contributed by atoms with E-state index in [-0.39, 0.29) is 29.5 Å². The molecule has 0 aromatic heterocycles. The number of carbonyl (C=O) groups is 2. The van der Waals surface area contributed by atoms with Crippen molar-refractivity contribution in [3.63, 3.8) is 0 Å². The van der Waals surface area contributed by atoms with Crippen molar-refractivity contribution in [2.24, 2.45) is 0 Å². The molecule has 1 atom stereocenters. The number of nitrogens with one attached hydrogen (secondary N) is 1. The maximum atomic E-state index is 14.6. The number of sulfonamides is 1. The first kappa shape index (κ1) is 34.7. The summed E-state index contributed by atoms with van der Waals surface area (Å²) >= 11 is 3.46. The number of nitrogens with zero attached hydrogens (tertiary/aromatic N) is 2. The Labute approximate surface area is 280 Å². The lowest BCUT2D eigenvalue weighted by Crippen LogP contribution is -2.56. The second-order valence-corrected chi connectivity index (χ2v) is 14.6. The van der Waals surface area contributed by atoms with Crippen LogP contribution in [0.15, 0.2) is 119 Å². The average molecular weight is 707 g/mol. The van der Waals surface area contributed by atoms with Crippen molar-refractivity contribution >= 4 is 43.5 Å². The molecular formula is C36H40BrN3O5S. The van der Waals surface area contributed by atoms with Crippen LogP contribution >= 0.6 is 15.9 Å². The highest BCUT2D eigenvalue weighted by Gasteiger charge is 2.36. The first-order valence-electron chi connectivity index (χ1n) is 15.1. The predicted octanol–water partition coefficient (Wildman–Crippen LogP) is 6.60. The molecule has 4 aromatic carbocycles. The summed E-state index contributed by atoms with van der Waals surface area (Å²) in [5, 5.41) is 3.04. The smallest absolute Gasteiger partial charge is 0.264 e. The summed E-state index contributed by atoms with van der Waals surface area (Å²) in [6, 6.07) is 30.7. The van der Waals surface area contributed by atoms with Gasteiger partial charge >= 0.3 is 0 Å². The van der Waals surface area contributed by atoms with Crippen LogP contribution in [0.3, 0.4) is 0 Å². The van der Waals surface area contributed by atoms with E-state index in [4.69, 9.17) is 4.74 Å². The molecule has 0 bridgehead atoms. The number of halogens is 1. The summed E-state index contributed by atoms with van der Waals surface area (Å²) in [6.45, 7) is 7.25. The van der Waals surface area contributed by atoms with E-state index in [1.807, 2.05) is 75.4 Å². The maximum absolute atomic E-state index is 14.6. The average Bonchev–Trinajstić information content (AvgIpc) is 3.03. The van der Waals surface area contributed by atoms with Crippen molar-refractivity contribution in [3.8, 4) is 5.75 Å². The van der Waals surface area contributed by atoms with E-state index in [1.165, 1.54) is 17.0 Å². The van der Waals surface area contributed by atoms with Crippen LogP contribution in [0.4, 0.5) is 5.69 Å². The molecule has 0 saturated carbocycles. The number of anilines is 1. The predicted molar refractivity (Wildman–Crippen MR) is 185 cm³/mol. The number of benzene rings is 4. The highest BCUT2D eigenvalue weighted by atomic mass is 79.9. The van der Waals surface area contributed by atoms with Gasteiger partial charge in [0.15, 0.2) is 0 Å². The van der Waals surface area contributed by atoms with E-state index in [9.17, 15) is 18.0 Å². The van der Waals surface area contributed by atoms with Gasteiger partial charge in [-0.25, -0.2) is 8.42 Å². The fourth-order valence-electron chi connectivity index (χ4n) is 4.97. The summed E-state index contributed by atoms with van der Waals surface area (Å²) in [7, 11) is -4.24. The van der Waals surface area contributed by atoms with Crippen molar-refractivity contribution < 1.29 is 22.7 Å². The van der Waals surface area contributed by atoms with Crippen LogP contribution < -0.4 is 14.4 Å². The van der Waals surface area contributed by atoms with Gasteiger partial charge in [-0.15, -0.1) is 0 Å². The third-order valence-corrected chi connectivity index (χ3v) is 9.38. The Kier molecular flexibility index (Phi) is 11.6. The molecule has 0 saturated heterocycles. The van der Waals surface area contributed by atoms with E-state index in [1.54, 1.807) is 49.4 Å². The van der Waals surface area contributed by atoms with Gasteiger partial charge < -0.3 is 15.0 Å². The van der Waals surface area contributed by atoms with Crippen molar-refractivity contribution in [2.45, 2.75) is 57.1 Å². The molecule has 0 heterocycles. The van der Waals surface area contributed by atoms with Crippen LogP contribution in [-0.2, 0) is 32.6 Å². The third kappa shape index (κ3) is 9.20. The Balaban J connectivity index is 1.84. The maximum Gasteiger partial charge on any atom is 0.264 e. The SMILES string of the molecule is CCOc1ccccc1N(CC(=O)N(Cc1ccc(Br)cc1)[C@@H](Cc1ccccc1)C(=O)NC(C)(C)C)S(=O)(=O)c1ccccc1. The zero-order valence-electron chi connectivity index (χ0n) is 26.5. The Morgan fingerprint density at radius 3 is 2.02 bits per heavy atom. The quantitative estimate of drug-likeness (QED) is 0.169. The Bertz CT molecular complexity index is 1710. The van der Waals surface area contributed by atoms with Crippen molar-refractivity contribution in [2.75, 3.05) is 17.5 Å². The molecule has 0 spiro atoms. The van der Waals surface area contributed by atoms with E-state index < -0.39 is 34.1 Å². The molecule has 8 nitrogen and oxygen atoms in total. The molecule has 0 aliphatic rings. The Morgan fingerprint density at radius 2 is 1.41 bits per heavy atom. The van der Waals surface area contributed by atoms with Gasteiger partial charge in [0.25, 0.3) is 10.0 Å². The molecule has 0 unspecified atom stereocenters. The van der Waals surface area contributed by atoms with E-state index >= 15 is 0 Å². The fourth-order valence-corrected chi connectivity index (χ4v) is 6.68. The molecular weight excluding hydrogens is 666 g/mol. The Morgan fingerprint density at radius 1 is 0.826 bits per heavy atom. The molecule has 0 fully saturated rings. The van der Waals surface area contributed by atoms with Crippen LogP contribution in [0.2, 0.25) is 0 Å². The lowest BCUT2D eigenvalue weighted by molar-refractivity contribution is -0.140.